The van der Waals surface area contributed by atoms with Gasteiger partial charge in [-0.3, -0.25) is 0 Å². The molecule has 0 aromatic heterocycles. The fraction of sp³-hybridized carbons (Fsp3) is 0.222. The molecule has 0 unspecified atom stereocenters. The lowest BCUT2D eigenvalue weighted by molar-refractivity contribution is 0.583. The molecule has 0 aliphatic carbocycles. The van der Waals surface area contributed by atoms with Crippen LogP contribution in [0, 0.1) is 0 Å². The second kappa shape index (κ2) is 5.97. The predicted molar refractivity (Wildman–Crippen MR) is 73.1 cm³/mol. The highest BCUT2D eigenvalue weighted by molar-refractivity contribution is 7.89. The highest BCUT2D eigenvalue weighted by Crippen LogP contribution is 2.24. The topological polar surface area (TPSA) is 72.2 Å². The van der Waals surface area contributed by atoms with Gasteiger partial charge in [0.25, 0.3) is 0 Å². The van der Waals surface area contributed by atoms with Crippen molar-refractivity contribution in [3.05, 3.63) is 28.2 Å². The van der Waals surface area contributed by atoms with Gasteiger partial charge in [0.2, 0.25) is 10.0 Å². The van der Waals surface area contributed by atoms with Crippen molar-refractivity contribution in [3.8, 4) is 0 Å². The van der Waals surface area contributed by atoms with Crippen molar-refractivity contribution in [2.75, 3.05) is 6.54 Å². The molecule has 8 heteroatoms. The van der Waals surface area contributed by atoms with Crippen LogP contribution >= 0.6 is 35.4 Å². The lowest BCUT2D eigenvalue weighted by Crippen LogP contribution is -2.27. The molecule has 1 rings (SSSR count). The average molecular weight is 313 g/mol. The van der Waals surface area contributed by atoms with Gasteiger partial charge in [-0.25, -0.2) is 13.1 Å². The molecule has 0 fully saturated rings. The summed E-state index contributed by atoms with van der Waals surface area (Å²) in [6.07, 6.45) is 0.284. The summed E-state index contributed by atoms with van der Waals surface area (Å²) >= 11 is 16.2. The van der Waals surface area contributed by atoms with Crippen LogP contribution in [0.15, 0.2) is 23.1 Å². The number of hydrogen-bond donors (Lipinski definition) is 2. The van der Waals surface area contributed by atoms with Gasteiger partial charge in [0.15, 0.2) is 0 Å². The van der Waals surface area contributed by atoms with Crippen LogP contribution in [0.2, 0.25) is 10.0 Å². The first-order chi connectivity index (χ1) is 7.83. The third kappa shape index (κ3) is 4.40. The van der Waals surface area contributed by atoms with Crippen LogP contribution in [0.4, 0.5) is 0 Å². The Kier molecular flexibility index (Phi) is 5.15. The SMILES string of the molecule is NC(=S)CCNS(=O)(=O)c1cc(Cl)ccc1Cl. The monoisotopic (exact) mass is 312 g/mol. The zero-order valence-electron chi connectivity index (χ0n) is 8.61. The van der Waals surface area contributed by atoms with Crippen LogP contribution in [-0.4, -0.2) is 20.0 Å². The van der Waals surface area contributed by atoms with Crippen molar-refractivity contribution in [1.29, 1.82) is 0 Å². The number of halogens is 2. The van der Waals surface area contributed by atoms with Crippen LogP contribution in [0.3, 0.4) is 0 Å². The third-order valence-electron chi connectivity index (χ3n) is 1.85. The Balaban J connectivity index is 2.89. The number of benzene rings is 1. The summed E-state index contributed by atoms with van der Waals surface area (Å²) in [4.78, 5) is 0.180. The highest BCUT2D eigenvalue weighted by Gasteiger charge is 2.17. The normalized spacial score (nSPS) is 11.4. The van der Waals surface area contributed by atoms with Gasteiger partial charge in [-0.1, -0.05) is 35.4 Å². The average Bonchev–Trinajstić information content (AvgIpc) is 2.20. The smallest absolute Gasteiger partial charge is 0.242 e. The maximum Gasteiger partial charge on any atom is 0.242 e. The van der Waals surface area contributed by atoms with Crippen molar-refractivity contribution in [1.82, 2.24) is 4.72 Å². The first kappa shape index (κ1) is 14.7. The van der Waals surface area contributed by atoms with Gasteiger partial charge < -0.3 is 5.73 Å². The summed E-state index contributed by atoms with van der Waals surface area (Å²) in [5.41, 5.74) is 5.26. The second-order valence-corrected chi connectivity index (χ2v) is 6.29. The Labute approximate surface area is 115 Å². The Morgan fingerprint density at radius 2 is 2.06 bits per heavy atom. The van der Waals surface area contributed by atoms with E-state index in [0.717, 1.165) is 0 Å². The largest absolute Gasteiger partial charge is 0.393 e. The summed E-state index contributed by atoms with van der Waals surface area (Å²) < 4.78 is 26.0. The Morgan fingerprint density at radius 3 is 2.65 bits per heavy atom. The maximum absolute atomic E-state index is 11.8. The molecular formula is C9H10Cl2N2O2S2. The lowest BCUT2D eigenvalue weighted by atomic mass is 10.4. The fourth-order valence-corrected chi connectivity index (χ4v) is 2.96. The zero-order valence-corrected chi connectivity index (χ0v) is 11.8. The molecule has 1 aromatic rings. The summed E-state index contributed by atoms with van der Waals surface area (Å²) in [6, 6.07) is 4.22. The standard InChI is InChI=1S/C9H10Cl2N2O2S2/c10-6-1-2-7(11)8(5-6)17(14,15)13-4-3-9(12)16/h1-2,5,13H,3-4H2,(H2,12,16). The number of sulfonamides is 1. The summed E-state index contributed by atoms with van der Waals surface area (Å²) in [7, 11) is -3.69. The number of nitrogens with one attached hydrogen (secondary N) is 1. The van der Waals surface area contributed by atoms with Gasteiger partial charge in [-0.15, -0.1) is 0 Å². The molecule has 17 heavy (non-hydrogen) atoms. The van der Waals surface area contributed by atoms with E-state index in [9.17, 15) is 8.42 Å². The van der Waals surface area contributed by atoms with Crippen LogP contribution in [0.25, 0.3) is 0 Å². The van der Waals surface area contributed by atoms with Crippen molar-refractivity contribution < 1.29 is 8.42 Å². The molecule has 0 saturated heterocycles. The minimum atomic E-state index is -3.69. The molecule has 0 spiro atoms. The lowest BCUT2D eigenvalue weighted by Gasteiger charge is -2.08. The number of hydrogen-bond acceptors (Lipinski definition) is 3. The molecule has 0 radical (unpaired) electrons. The van der Waals surface area contributed by atoms with Crippen molar-refractivity contribution in [3.63, 3.8) is 0 Å². The highest BCUT2D eigenvalue weighted by atomic mass is 35.5. The molecule has 3 N–H and O–H groups in total. The van der Waals surface area contributed by atoms with Crippen LogP contribution in [0.1, 0.15) is 6.42 Å². The van der Waals surface area contributed by atoms with Gasteiger partial charge >= 0.3 is 0 Å². The molecule has 0 heterocycles. The van der Waals surface area contributed by atoms with Crippen LogP contribution in [-0.2, 0) is 10.0 Å². The van der Waals surface area contributed by atoms with E-state index in [1.54, 1.807) is 0 Å². The maximum atomic E-state index is 11.8. The van der Waals surface area contributed by atoms with Crippen LogP contribution in [0.5, 0.6) is 0 Å². The second-order valence-electron chi connectivity index (χ2n) is 3.19. The predicted octanol–water partition coefficient (Wildman–Crippen LogP) is 1.95. The van der Waals surface area contributed by atoms with Crippen LogP contribution < -0.4 is 10.5 Å². The van der Waals surface area contributed by atoms with Gasteiger partial charge in [-0.05, 0) is 18.2 Å². The molecular weight excluding hydrogens is 303 g/mol. The van der Waals surface area contributed by atoms with E-state index in [1.165, 1.54) is 18.2 Å². The number of thiocarbonyl (C=S) groups is 1. The van der Waals surface area contributed by atoms with Gasteiger partial charge in [0.1, 0.15) is 4.90 Å². The van der Waals surface area contributed by atoms with E-state index in [0.29, 0.717) is 5.02 Å². The van der Waals surface area contributed by atoms with Gasteiger partial charge in [0.05, 0.1) is 10.0 Å². The van der Waals surface area contributed by atoms with E-state index in [2.05, 4.69) is 16.9 Å². The van der Waals surface area contributed by atoms with E-state index < -0.39 is 10.0 Å². The number of rotatable bonds is 5. The molecule has 94 valence electrons. The summed E-state index contributed by atoms with van der Waals surface area (Å²) in [6.45, 7) is 0.126. The first-order valence-corrected chi connectivity index (χ1v) is 7.20. The fourth-order valence-electron chi connectivity index (χ4n) is 1.07. The molecule has 0 atom stereocenters. The van der Waals surface area contributed by atoms with Crippen molar-refractivity contribution >= 4 is 50.4 Å². The van der Waals surface area contributed by atoms with Gasteiger partial charge in [-0.2, -0.15) is 0 Å². The molecule has 4 nitrogen and oxygen atoms in total. The first-order valence-electron chi connectivity index (χ1n) is 4.56. The zero-order chi connectivity index (χ0) is 13.1. The van der Waals surface area contributed by atoms with Crippen molar-refractivity contribution in [2.45, 2.75) is 11.3 Å². The third-order valence-corrected chi connectivity index (χ3v) is 4.23. The minimum absolute atomic E-state index is 0.0605. The Morgan fingerprint density at radius 1 is 1.41 bits per heavy atom. The molecule has 0 aliphatic heterocycles. The summed E-state index contributed by atoms with van der Waals surface area (Å²) in [5, 5.41) is 0.404. The van der Waals surface area contributed by atoms with E-state index >= 15 is 0 Å². The van der Waals surface area contributed by atoms with Gasteiger partial charge in [0, 0.05) is 18.0 Å². The Hall–Kier alpha value is -0.400. The minimum Gasteiger partial charge on any atom is -0.393 e. The Bertz CT molecular complexity index is 532. The molecule has 0 saturated carbocycles. The molecule has 0 bridgehead atoms. The quantitative estimate of drug-likeness (QED) is 0.815. The van der Waals surface area contributed by atoms with E-state index in [1.807, 2.05) is 0 Å². The van der Waals surface area contributed by atoms with Crippen molar-refractivity contribution in [2.24, 2.45) is 5.73 Å². The summed E-state index contributed by atoms with van der Waals surface area (Å²) in [5.74, 6) is 0. The number of nitrogens with two attached hydrogens (primary N) is 1. The van der Waals surface area contributed by atoms with E-state index in [-0.39, 0.29) is 27.9 Å². The molecule has 1 aromatic carbocycles. The van der Waals surface area contributed by atoms with E-state index in [4.69, 9.17) is 28.9 Å². The molecule has 0 aliphatic rings. The molecule has 0 amide bonds.